The fourth-order valence-electron chi connectivity index (χ4n) is 3.04. The summed E-state index contributed by atoms with van der Waals surface area (Å²) in [5.74, 6) is 9.18. The molecule has 0 atom stereocenters. The van der Waals surface area contributed by atoms with Crippen molar-refractivity contribution in [3.8, 4) is 0 Å². The summed E-state index contributed by atoms with van der Waals surface area (Å²) in [5.41, 5.74) is 2.24. The molecule has 30 heavy (non-hydrogen) atoms. The van der Waals surface area contributed by atoms with Crippen molar-refractivity contribution in [1.29, 1.82) is 0 Å². The molecule has 0 fully saturated rings. The molecule has 156 valence electrons. The highest BCUT2D eigenvalue weighted by Gasteiger charge is 2.26. The molecule has 6 N–H and O–H groups in total. The SMILES string of the molecule is N/N=C(/SCC(=O)N1CCc2cc(C(=O)O)ccc21)N(N)c1ccc(C(=O)O)cc1. The van der Waals surface area contributed by atoms with Gasteiger partial charge in [0.15, 0.2) is 0 Å². The van der Waals surface area contributed by atoms with Gasteiger partial charge in [-0.1, -0.05) is 11.8 Å². The molecular weight excluding hydrogens is 410 g/mol. The first-order valence-electron chi connectivity index (χ1n) is 8.77. The highest BCUT2D eigenvalue weighted by Crippen LogP contribution is 2.30. The van der Waals surface area contributed by atoms with E-state index in [-0.39, 0.29) is 28.0 Å². The number of hydrogen-bond acceptors (Lipinski definition) is 7. The van der Waals surface area contributed by atoms with Gasteiger partial charge in [0.2, 0.25) is 11.1 Å². The van der Waals surface area contributed by atoms with Gasteiger partial charge in [-0.25, -0.2) is 15.4 Å². The van der Waals surface area contributed by atoms with Crippen LogP contribution in [-0.2, 0) is 11.2 Å². The third-order valence-corrected chi connectivity index (χ3v) is 5.51. The van der Waals surface area contributed by atoms with Gasteiger partial charge in [-0.2, -0.15) is 5.10 Å². The molecule has 3 rings (SSSR count). The zero-order valence-electron chi connectivity index (χ0n) is 15.7. The molecule has 0 spiro atoms. The molecule has 2 aromatic carbocycles. The zero-order valence-corrected chi connectivity index (χ0v) is 16.5. The number of amidine groups is 1. The Kier molecular flexibility index (Phi) is 6.23. The van der Waals surface area contributed by atoms with Crippen LogP contribution >= 0.6 is 11.8 Å². The lowest BCUT2D eigenvalue weighted by Crippen LogP contribution is -2.38. The molecule has 1 aliphatic heterocycles. The standard InChI is InChI=1S/C19H19N5O5S/c20-22-19(24(21)14-4-1-11(2-5-14)17(26)27)30-10-16(25)23-8-7-12-9-13(18(28)29)3-6-15(12)23/h1-6,9H,7-8,10,20-21H2,(H,26,27)(H,28,29)/b22-19+. The van der Waals surface area contributed by atoms with Crippen molar-refractivity contribution in [3.63, 3.8) is 0 Å². The first-order valence-corrected chi connectivity index (χ1v) is 9.76. The van der Waals surface area contributed by atoms with Gasteiger partial charge in [-0.15, -0.1) is 0 Å². The predicted octanol–water partition coefficient (Wildman–Crippen LogP) is 1.32. The van der Waals surface area contributed by atoms with E-state index in [4.69, 9.17) is 21.9 Å². The number of carboxylic acid groups (broad SMARTS) is 2. The van der Waals surface area contributed by atoms with Crippen molar-refractivity contribution < 1.29 is 24.6 Å². The summed E-state index contributed by atoms with van der Waals surface area (Å²) in [6.07, 6.45) is 0.573. The summed E-state index contributed by atoms with van der Waals surface area (Å²) < 4.78 is 0. The number of nitrogens with zero attached hydrogens (tertiary/aromatic N) is 3. The second kappa shape index (κ2) is 8.84. The number of carbonyl (C=O) groups excluding carboxylic acids is 1. The normalized spacial score (nSPS) is 13.1. The second-order valence-corrected chi connectivity index (χ2v) is 7.31. The number of hydrogen-bond donors (Lipinski definition) is 4. The van der Waals surface area contributed by atoms with Crippen LogP contribution in [0, 0.1) is 0 Å². The summed E-state index contributed by atoms with van der Waals surface area (Å²) in [6, 6.07) is 10.5. The average molecular weight is 429 g/mol. The number of fused-ring (bicyclic) bond motifs is 1. The molecule has 0 aliphatic carbocycles. The highest BCUT2D eigenvalue weighted by molar-refractivity contribution is 8.14. The predicted molar refractivity (Wildman–Crippen MR) is 114 cm³/mol. The molecule has 11 heteroatoms. The maximum Gasteiger partial charge on any atom is 0.335 e. The Hall–Kier alpha value is -3.57. The lowest BCUT2D eigenvalue weighted by Gasteiger charge is -2.21. The number of aromatic carboxylic acids is 2. The number of hydrazine groups is 1. The fraction of sp³-hybridized carbons (Fsp3) is 0.158. The van der Waals surface area contributed by atoms with Crippen LogP contribution in [-0.4, -0.2) is 45.5 Å². The van der Waals surface area contributed by atoms with Crippen LogP contribution in [0.4, 0.5) is 11.4 Å². The van der Waals surface area contributed by atoms with Gasteiger partial charge in [0, 0.05) is 12.2 Å². The van der Waals surface area contributed by atoms with Crippen LogP contribution in [0.25, 0.3) is 0 Å². The van der Waals surface area contributed by atoms with Crippen molar-refractivity contribution in [1.82, 2.24) is 0 Å². The van der Waals surface area contributed by atoms with Crippen molar-refractivity contribution in [2.24, 2.45) is 16.8 Å². The van der Waals surface area contributed by atoms with Gasteiger partial charge in [-0.05, 0) is 54.4 Å². The topological polar surface area (TPSA) is 163 Å². The lowest BCUT2D eigenvalue weighted by atomic mass is 10.1. The lowest BCUT2D eigenvalue weighted by molar-refractivity contribution is -0.116. The third-order valence-electron chi connectivity index (χ3n) is 4.56. The average Bonchev–Trinajstić information content (AvgIpc) is 3.17. The Bertz CT molecular complexity index is 1020. The largest absolute Gasteiger partial charge is 0.478 e. The van der Waals surface area contributed by atoms with Gasteiger partial charge < -0.3 is 21.0 Å². The van der Waals surface area contributed by atoms with E-state index in [1.54, 1.807) is 17.0 Å². The number of amides is 1. The monoisotopic (exact) mass is 429 g/mol. The number of rotatable bonds is 5. The maximum absolute atomic E-state index is 12.7. The maximum atomic E-state index is 12.7. The van der Waals surface area contributed by atoms with Crippen LogP contribution in [0.2, 0.25) is 0 Å². The molecule has 1 amide bonds. The number of thioether (sulfide) groups is 1. The van der Waals surface area contributed by atoms with E-state index in [0.29, 0.717) is 24.3 Å². The van der Waals surface area contributed by atoms with Gasteiger partial charge in [0.05, 0.1) is 22.6 Å². The molecule has 0 bridgehead atoms. The zero-order chi connectivity index (χ0) is 21.8. The van der Waals surface area contributed by atoms with E-state index in [9.17, 15) is 14.4 Å². The van der Waals surface area contributed by atoms with Crippen LogP contribution in [0.5, 0.6) is 0 Å². The Morgan fingerprint density at radius 2 is 1.70 bits per heavy atom. The number of nitrogens with two attached hydrogens (primary N) is 2. The molecule has 2 aromatic rings. The van der Waals surface area contributed by atoms with Gasteiger partial charge in [-0.3, -0.25) is 9.80 Å². The number of carboxylic acids is 2. The van der Waals surface area contributed by atoms with Crippen LogP contribution in [0.1, 0.15) is 26.3 Å². The molecule has 0 saturated carbocycles. The second-order valence-electron chi connectivity index (χ2n) is 6.37. The molecule has 1 aliphatic rings. The minimum Gasteiger partial charge on any atom is -0.478 e. The van der Waals surface area contributed by atoms with E-state index in [1.807, 2.05) is 0 Å². The molecule has 0 unspecified atom stereocenters. The smallest absolute Gasteiger partial charge is 0.335 e. The van der Waals surface area contributed by atoms with E-state index >= 15 is 0 Å². The molecule has 0 saturated heterocycles. The summed E-state index contributed by atoms with van der Waals surface area (Å²) >= 11 is 1.04. The van der Waals surface area contributed by atoms with Gasteiger partial charge in [0.1, 0.15) is 0 Å². The Labute approximate surface area is 175 Å². The van der Waals surface area contributed by atoms with Crippen molar-refractivity contribution in [2.75, 3.05) is 22.2 Å². The molecule has 0 aromatic heterocycles. The highest BCUT2D eigenvalue weighted by atomic mass is 32.2. The summed E-state index contributed by atoms with van der Waals surface area (Å²) in [6.45, 7) is 0.454. The first kappa shape index (κ1) is 21.1. The quantitative estimate of drug-likeness (QED) is 0.237. The van der Waals surface area contributed by atoms with Crippen molar-refractivity contribution >= 4 is 46.2 Å². The van der Waals surface area contributed by atoms with Gasteiger partial charge >= 0.3 is 11.9 Å². The van der Waals surface area contributed by atoms with Crippen molar-refractivity contribution in [2.45, 2.75) is 6.42 Å². The summed E-state index contributed by atoms with van der Waals surface area (Å²) in [4.78, 5) is 36.3. The molecule has 0 radical (unpaired) electrons. The minimum absolute atomic E-state index is 0.0110. The van der Waals surface area contributed by atoms with Crippen LogP contribution in [0.3, 0.4) is 0 Å². The summed E-state index contributed by atoms with van der Waals surface area (Å²) in [7, 11) is 0. The fourth-order valence-corrected chi connectivity index (χ4v) is 3.77. The Balaban J connectivity index is 1.65. The van der Waals surface area contributed by atoms with Crippen LogP contribution in [0.15, 0.2) is 47.6 Å². The van der Waals surface area contributed by atoms with Gasteiger partial charge in [0.25, 0.3) is 0 Å². The molecular formula is C19H19N5O5S. The Morgan fingerprint density at radius 1 is 1.07 bits per heavy atom. The first-order chi connectivity index (χ1) is 14.3. The Morgan fingerprint density at radius 3 is 2.30 bits per heavy atom. The van der Waals surface area contributed by atoms with E-state index in [2.05, 4.69) is 5.10 Å². The van der Waals surface area contributed by atoms with E-state index in [0.717, 1.165) is 17.3 Å². The third kappa shape index (κ3) is 4.36. The number of anilines is 2. The number of benzene rings is 2. The minimum atomic E-state index is -1.06. The summed E-state index contributed by atoms with van der Waals surface area (Å²) in [5, 5.41) is 23.0. The van der Waals surface area contributed by atoms with Crippen LogP contribution < -0.4 is 21.6 Å². The molecule has 10 nitrogen and oxygen atoms in total. The van der Waals surface area contributed by atoms with E-state index < -0.39 is 11.9 Å². The molecule has 1 heterocycles. The van der Waals surface area contributed by atoms with E-state index in [1.165, 1.54) is 35.3 Å². The number of hydrazone groups is 1. The van der Waals surface area contributed by atoms with Crippen molar-refractivity contribution in [3.05, 3.63) is 59.2 Å². The number of carbonyl (C=O) groups is 3.